The van der Waals surface area contributed by atoms with E-state index < -0.39 is 29.4 Å². The molecule has 4 aliphatic rings. The highest BCUT2D eigenvalue weighted by atomic mass is 16.6. The summed E-state index contributed by atoms with van der Waals surface area (Å²) in [6.45, 7) is 5.38. The molecule has 1 spiro atoms. The number of carbonyl (C=O) groups excluding carboxylic acids is 2. The van der Waals surface area contributed by atoms with Crippen molar-refractivity contribution in [3.63, 3.8) is 0 Å². The van der Waals surface area contributed by atoms with Crippen LogP contribution < -0.4 is 0 Å². The fourth-order valence-corrected chi connectivity index (χ4v) is 4.32. The van der Waals surface area contributed by atoms with Crippen molar-refractivity contribution in [2.45, 2.75) is 50.6 Å². The van der Waals surface area contributed by atoms with E-state index >= 15 is 0 Å². The van der Waals surface area contributed by atoms with Crippen LogP contribution in [0.25, 0.3) is 0 Å². The Balaban J connectivity index is 1.92. The van der Waals surface area contributed by atoms with Crippen molar-refractivity contribution < 1.29 is 24.2 Å². The molecule has 0 bridgehead atoms. The average Bonchev–Trinajstić information content (AvgIpc) is 2.73. The average molecular weight is 276 g/mol. The van der Waals surface area contributed by atoms with Gasteiger partial charge < -0.3 is 14.6 Å². The van der Waals surface area contributed by atoms with Crippen molar-refractivity contribution in [2.24, 2.45) is 5.92 Å². The van der Waals surface area contributed by atoms with E-state index in [1.54, 1.807) is 13.0 Å². The van der Waals surface area contributed by atoms with Gasteiger partial charge >= 0.3 is 5.97 Å². The van der Waals surface area contributed by atoms with Crippen molar-refractivity contribution in [1.82, 2.24) is 0 Å². The van der Waals surface area contributed by atoms with Crippen LogP contribution in [-0.2, 0) is 19.1 Å². The van der Waals surface area contributed by atoms with Crippen LogP contribution in [0.15, 0.2) is 22.8 Å². The highest BCUT2D eigenvalue weighted by Gasteiger charge is 2.80. The number of fused-ring (bicyclic) bond motifs is 2. The van der Waals surface area contributed by atoms with Crippen LogP contribution in [0.3, 0.4) is 0 Å². The molecule has 20 heavy (non-hydrogen) atoms. The monoisotopic (exact) mass is 276 g/mol. The van der Waals surface area contributed by atoms with Crippen LogP contribution in [0.5, 0.6) is 0 Å². The number of ether oxygens (including phenoxy) is 2. The van der Waals surface area contributed by atoms with E-state index in [0.717, 1.165) is 5.57 Å². The summed E-state index contributed by atoms with van der Waals surface area (Å²) in [6.07, 6.45) is 0.523. The summed E-state index contributed by atoms with van der Waals surface area (Å²) in [5, 5.41) is 10.4. The number of rotatable bonds is 0. The summed E-state index contributed by atoms with van der Waals surface area (Å²) >= 11 is 0. The SMILES string of the molecule is CC1=CC(=O)[C@]23O[C@@]2(C)C[C@H](O)C2=C(C)C(=O)O[C@H]2[C@H]13. The summed E-state index contributed by atoms with van der Waals surface area (Å²) in [5.74, 6) is -0.791. The molecule has 1 saturated carbocycles. The number of aliphatic hydroxyl groups excluding tert-OH is 1. The molecule has 5 atom stereocenters. The van der Waals surface area contributed by atoms with Crippen molar-refractivity contribution in [1.29, 1.82) is 0 Å². The molecular weight excluding hydrogens is 260 g/mol. The van der Waals surface area contributed by atoms with Crippen LogP contribution in [0, 0.1) is 5.92 Å². The zero-order chi connectivity index (χ0) is 14.4. The molecule has 0 aromatic carbocycles. The fraction of sp³-hybridized carbons (Fsp3) is 0.600. The van der Waals surface area contributed by atoms with Crippen LogP contribution in [0.1, 0.15) is 27.2 Å². The minimum atomic E-state index is -0.949. The molecule has 0 aromatic rings. The minimum absolute atomic E-state index is 0.0726. The molecule has 5 heteroatoms. The summed E-state index contributed by atoms with van der Waals surface area (Å²) in [6, 6.07) is 0. The molecule has 0 radical (unpaired) electrons. The predicted octanol–water partition coefficient (Wildman–Crippen LogP) is 0.666. The summed E-state index contributed by atoms with van der Waals surface area (Å²) in [5.41, 5.74) is 0.327. The van der Waals surface area contributed by atoms with Crippen molar-refractivity contribution in [3.05, 3.63) is 22.8 Å². The third-order valence-corrected chi connectivity index (χ3v) is 5.31. The van der Waals surface area contributed by atoms with E-state index in [1.807, 2.05) is 13.8 Å². The third-order valence-electron chi connectivity index (χ3n) is 5.31. The van der Waals surface area contributed by atoms with E-state index in [-0.39, 0.29) is 11.7 Å². The predicted molar refractivity (Wildman–Crippen MR) is 67.7 cm³/mol. The Labute approximate surface area is 116 Å². The van der Waals surface area contributed by atoms with Gasteiger partial charge in [-0.05, 0) is 26.8 Å². The topological polar surface area (TPSA) is 76.1 Å². The van der Waals surface area contributed by atoms with Crippen molar-refractivity contribution in [3.8, 4) is 0 Å². The zero-order valence-electron chi connectivity index (χ0n) is 11.6. The molecule has 1 saturated heterocycles. The largest absolute Gasteiger partial charge is 0.454 e. The first-order valence-electron chi connectivity index (χ1n) is 6.84. The van der Waals surface area contributed by atoms with Crippen LogP contribution in [-0.4, -0.2) is 40.3 Å². The van der Waals surface area contributed by atoms with E-state index in [1.165, 1.54) is 0 Å². The Morgan fingerprint density at radius 1 is 1.35 bits per heavy atom. The van der Waals surface area contributed by atoms with Gasteiger partial charge in [0.2, 0.25) is 0 Å². The molecule has 1 N–H and O–H groups in total. The Hall–Kier alpha value is -1.46. The molecule has 106 valence electrons. The first-order chi connectivity index (χ1) is 9.32. The van der Waals surface area contributed by atoms with Gasteiger partial charge in [0, 0.05) is 17.6 Å². The molecule has 2 aliphatic heterocycles. The summed E-state index contributed by atoms with van der Waals surface area (Å²) < 4.78 is 11.3. The van der Waals surface area contributed by atoms with Gasteiger partial charge in [0.15, 0.2) is 11.4 Å². The first-order valence-corrected chi connectivity index (χ1v) is 6.84. The second kappa shape index (κ2) is 3.23. The molecule has 4 rings (SSSR count). The first kappa shape index (κ1) is 12.3. The summed E-state index contributed by atoms with van der Waals surface area (Å²) in [7, 11) is 0. The highest BCUT2D eigenvalue weighted by Crippen LogP contribution is 2.65. The maximum atomic E-state index is 12.4. The van der Waals surface area contributed by atoms with Gasteiger partial charge in [0.1, 0.15) is 11.7 Å². The number of aliphatic hydroxyl groups is 1. The Morgan fingerprint density at radius 2 is 2.05 bits per heavy atom. The van der Waals surface area contributed by atoms with Crippen LogP contribution in [0.2, 0.25) is 0 Å². The molecule has 2 fully saturated rings. The molecule has 0 amide bonds. The highest BCUT2D eigenvalue weighted by molar-refractivity contribution is 6.05. The van der Waals surface area contributed by atoms with E-state index in [2.05, 4.69) is 0 Å². The van der Waals surface area contributed by atoms with Gasteiger partial charge in [-0.2, -0.15) is 0 Å². The van der Waals surface area contributed by atoms with E-state index in [9.17, 15) is 14.7 Å². The van der Waals surface area contributed by atoms with Gasteiger partial charge in [-0.25, -0.2) is 4.79 Å². The van der Waals surface area contributed by atoms with Gasteiger partial charge in [-0.1, -0.05) is 5.57 Å². The molecule has 0 unspecified atom stereocenters. The van der Waals surface area contributed by atoms with Gasteiger partial charge in [0.05, 0.1) is 12.0 Å². The molecular formula is C15H16O5. The number of hydrogen-bond donors (Lipinski definition) is 1. The lowest BCUT2D eigenvalue weighted by Crippen LogP contribution is -2.40. The number of ketones is 1. The number of esters is 1. The summed E-state index contributed by atoms with van der Waals surface area (Å²) in [4.78, 5) is 24.2. The quantitative estimate of drug-likeness (QED) is 0.520. The minimum Gasteiger partial charge on any atom is -0.454 e. The van der Waals surface area contributed by atoms with Crippen molar-refractivity contribution in [2.75, 3.05) is 0 Å². The maximum Gasteiger partial charge on any atom is 0.334 e. The normalized spacial score (nSPS) is 49.2. The Bertz CT molecular complexity index is 630. The second-order valence-corrected chi connectivity index (χ2v) is 6.43. The number of hydrogen-bond acceptors (Lipinski definition) is 5. The van der Waals surface area contributed by atoms with E-state index in [4.69, 9.17) is 9.47 Å². The van der Waals surface area contributed by atoms with Gasteiger partial charge in [-0.15, -0.1) is 0 Å². The fourth-order valence-electron chi connectivity index (χ4n) is 4.32. The maximum absolute atomic E-state index is 12.4. The molecule has 2 aliphatic carbocycles. The number of epoxide rings is 1. The lowest BCUT2D eigenvalue weighted by atomic mass is 9.79. The standard InChI is InChI=1S/C15H16O5/c1-6-4-9(17)15-11(6)12-10(7(2)13(18)19-12)8(16)5-14(15,3)20-15/h4,8,11-12,16H,5H2,1-3H3/t8-,11-,12+,14-,15+/m0/s1. The molecule has 0 aromatic heterocycles. The third kappa shape index (κ3) is 1.09. The lowest BCUT2D eigenvalue weighted by Gasteiger charge is -2.25. The smallest absolute Gasteiger partial charge is 0.334 e. The lowest BCUT2D eigenvalue weighted by molar-refractivity contribution is -0.143. The van der Waals surface area contributed by atoms with Gasteiger partial charge in [-0.3, -0.25) is 4.79 Å². The van der Waals surface area contributed by atoms with Crippen LogP contribution in [0.4, 0.5) is 0 Å². The van der Waals surface area contributed by atoms with Crippen molar-refractivity contribution >= 4 is 11.8 Å². The van der Waals surface area contributed by atoms with Gasteiger partial charge in [0.25, 0.3) is 0 Å². The Morgan fingerprint density at radius 3 is 2.75 bits per heavy atom. The molecule has 2 heterocycles. The Kier molecular flexibility index (Phi) is 1.99. The second-order valence-electron chi connectivity index (χ2n) is 6.43. The van der Waals surface area contributed by atoms with Crippen LogP contribution >= 0.6 is 0 Å². The van der Waals surface area contributed by atoms with E-state index in [0.29, 0.717) is 17.6 Å². The zero-order valence-corrected chi connectivity index (χ0v) is 11.6. The number of carbonyl (C=O) groups is 2. The molecule has 5 nitrogen and oxygen atoms in total.